The van der Waals surface area contributed by atoms with Crippen LogP contribution < -0.4 is 10.9 Å². The van der Waals surface area contributed by atoms with Gasteiger partial charge in [0.2, 0.25) is 0 Å². The van der Waals surface area contributed by atoms with E-state index in [0.29, 0.717) is 22.3 Å². The molecule has 3 aromatic carbocycles. The van der Waals surface area contributed by atoms with Gasteiger partial charge in [-0.3, -0.25) is 14.2 Å². The molecule has 1 aromatic heterocycles. The maximum absolute atomic E-state index is 13.5. The average molecular weight is 458 g/mol. The van der Waals surface area contributed by atoms with Crippen molar-refractivity contribution in [1.29, 1.82) is 0 Å². The second-order valence-corrected chi connectivity index (χ2v) is 8.03. The van der Waals surface area contributed by atoms with Crippen LogP contribution in [0.5, 0.6) is 0 Å². The van der Waals surface area contributed by atoms with E-state index < -0.39 is 0 Å². The molecule has 0 aliphatic carbocycles. The highest BCUT2D eigenvalue weighted by Crippen LogP contribution is 2.33. The number of aryl methyl sites for hydroxylation is 1. The van der Waals surface area contributed by atoms with E-state index in [9.17, 15) is 9.59 Å². The Balaban J connectivity index is 1.85. The van der Waals surface area contributed by atoms with Gasteiger partial charge in [-0.25, -0.2) is 4.98 Å². The van der Waals surface area contributed by atoms with Crippen LogP contribution in [0.2, 0.25) is 0 Å². The lowest BCUT2D eigenvalue weighted by molar-refractivity contribution is -0.110. The van der Waals surface area contributed by atoms with E-state index in [-0.39, 0.29) is 11.5 Å². The fourth-order valence-electron chi connectivity index (χ4n) is 3.73. The Labute approximate surface area is 180 Å². The van der Waals surface area contributed by atoms with Gasteiger partial charge in [-0.2, -0.15) is 0 Å². The molecule has 0 radical (unpaired) electrons. The summed E-state index contributed by atoms with van der Waals surface area (Å²) in [6.45, 7) is 1.95. The number of carbonyl (C=O) groups excluding carboxylic acids is 1. The average Bonchev–Trinajstić information content (AvgIpc) is 3.05. The number of carbonyl (C=O) groups is 1. The first-order valence-corrected chi connectivity index (χ1v) is 10.2. The fraction of sp³-hybridized carbons (Fsp3) is 0.0417. The zero-order chi connectivity index (χ0) is 20.8. The number of anilines is 1. The minimum atomic E-state index is -0.210. The van der Waals surface area contributed by atoms with Gasteiger partial charge in [0.15, 0.2) is 0 Å². The van der Waals surface area contributed by atoms with Crippen LogP contribution in [0.4, 0.5) is 5.69 Å². The molecule has 6 heteroatoms. The summed E-state index contributed by atoms with van der Waals surface area (Å²) in [4.78, 5) is 30.9. The highest BCUT2D eigenvalue weighted by Gasteiger charge is 2.25. The van der Waals surface area contributed by atoms with E-state index in [1.807, 2.05) is 61.5 Å². The summed E-state index contributed by atoms with van der Waals surface area (Å²) in [6.07, 6.45) is 1.69. The summed E-state index contributed by atoms with van der Waals surface area (Å²) < 4.78 is 2.38. The molecule has 0 unspecified atom stereocenters. The number of hydrogen-bond acceptors (Lipinski definition) is 3. The second kappa shape index (κ2) is 7.07. The molecule has 5 rings (SSSR count). The zero-order valence-electron chi connectivity index (χ0n) is 16.0. The van der Waals surface area contributed by atoms with Crippen LogP contribution in [0.15, 0.2) is 76.0 Å². The van der Waals surface area contributed by atoms with Crippen LogP contribution in [-0.4, -0.2) is 15.5 Å². The Morgan fingerprint density at radius 1 is 1.00 bits per heavy atom. The third-order valence-corrected chi connectivity index (χ3v) is 5.69. The molecule has 1 N–H and O–H groups in total. The SMILES string of the molecule is Cc1ccccc1-n1c(/C=C2/C(=O)Nc3ccccc32)nc2ccc(Br)cc2c1=O. The number of amides is 1. The highest BCUT2D eigenvalue weighted by atomic mass is 79.9. The van der Waals surface area contributed by atoms with Crippen LogP contribution in [0, 0.1) is 6.92 Å². The largest absolute Gasteiger partial charge is 0.321 e. The molecule has 1 amide bonds. The van der Waals surface area contributed by atoms with Crippen LogP contribution in [0.25, 0.3) is 28.2 Å². The molecule has 0 saturated carbocycles. The zero-order valence-corrected chi connectivity index (χ0v) is 17.6. The van der Waals surface area contributed by atoms with Gasteiger partial charge in [0, 0.05) is 15.7 Å². The topological polar surface area (TPSA) is 64.0 Å². The smallest absolute Gasteiger partial charge is 0.266 e. The van der Waals surface area contributed by atoms with Crippen molar-refractivity contribution in [3.63, 3.8) is 0 Å². The predicted octanol–water partition coefficient (Wildman–Crippen LogP) is 4.95. The minimum absolute atomic E-state index is 0.186. The van der Waals surface area contributed by atoms with Crippen LogP contribution in [-0.2, 0) is 4.79 Å². The highest BCUT2D eigenvalue weighted by molar-refractivity contribution is 9.10. The van der Waals surface area contributed by atoms with Crippen molar-refractivity contribution in [3.05, 3.63) is 98.5 Å². The molecule has 0 saturated heterocycles. The number of para-hydroxylation sites is 2. The Morgan fingerprint density at radius 2 is 1.77 bits per heavy atom. The monoisotopic (exact) mass is 457 g/mol. The lowest BCUT2D eigenvalue weighted by atomic mass is 10.1. The molecule has 2 heterocycles. The first-order chi connectivity index (χ1) is 14.5. The molecule has 0 spiro atoms. The molecular formula is C24H16BrN3O2. The fourth-order valence-corrected chi connectivity index (χ4v) is 4.09. The normalized spacial score (nSPS) is 14.2. The lowest BCUT2D eigenvalue weighted by Gasteiger charge is -2.14. The van der Waals surface area contributed by atoms with Crippen molar-refractivity contribution in [2.75, 3.05) is 5.32 Å². The molecule has 4 aromatic rings. The van der Waals surface area contributed by atoms with E-state index >= 15 is 0 Å². The van der Waals surface area contributed by atoms with E-state index in [1.165, 1.54) is 0 Å². The molecule has 0 bridgehead atoms. The van der Waals surface area contributed by atoms with Crippen molar-refractivity contribution < 1.29 is 4.79 Å². The van der Waals surface area contributed by atoms with Gasteiger partial charge in [-0.05, 0) is 48.9 Å². The Kier molecular flexibility index (Phi) is 4.37. The molecule has 0 fully saturated rings. The molecular weight excluding hydrogens is 442 g/mol. The molecule has 0 atom stereocenters. The number of aromatic nitrogens is 2. The maximum atomic E-state index is 13.5. The molecule has 1 aliphatic rings. The number of nitrogens with zero attached hydrogens (tertiary/aromatic N) is 2. The number of nitrogens with one attached hydrogen (secondary N) is 1. The van der Waals surface area contributed by atoms with E-state index in [4.69, 9.17) is 4.98 Å². The minimum Gasteiger partial charge on any atom is -0.321 e. The van der Waals surface area contributed by atoms with Gasteiger partial charge >= 0.3 is 0 Å². The van der Waals surface area contributed by atoms with Gasteiger partial charge in [0.1, 0.15) is 5.82 Å². The van der Waals surface area contributed by atoms with E-state index in [2.05, 4.69) is 21.2 Å². The third-order valence-electron chi connectivity index (χ3n) is 5.20. The summed E-state index contributed by atoms with van der Waals surface area (Å²) in [5.74, 6) is 0.198. The number of rotatable bonds is 2. The van der Waals surface area contributed by atoms with Gasteiger partial charge < -0.3 is 5.32 Å². The predicted molar refractivity (Wildman–Crippen MR) is 123 cm³/mol. The van der Waals surface area contributed by atoms with E-state index in [0.717, 1.165) is 27.0 Å². The van der Waals surface area contributed by atoms with Crippen LogP contribution in [0.1, 0.15) is 17.0 Å². The van der Waals surface area contributed by atoms with Gasteiger partial charge in [-0.1, -0.05) is 52.3 Å². The summed E-state index contributed by atoms with van der Waals surface area (Å²) in [6, 6.07) is 20.5. The molecule has 1 aliphatic heterocycles. The Hall–Kier alpha value is -3.51. The van der Waals surface area contributed by atoms with Gasteiger partial charge in [-0.15, -0.1) is 0 Å². The number of hydrogen-bond donors (Lipinski definition) is 1. The first-order valence-electron chi connectivity index (χ1n) is 9.44. The van der Waals surface area contributed by atoms with Crippen LogP contribution in [0.3, 0.4) is 0 Å². The third kappa shape index (κ3) is 2.97. The van der Waals surface area contributed by atoms with E-state index in [1.54, 1.807) is 22.8 Å². The van der Waals surface area contributed by atoms with Crippen molar-refractivity contribution in [2.24, 2.45) is 0 Å². The Morgan fingerprint density at radius 3 is 2.60 bits per heavy atom. The summed E-state index contributed by atoms with van der Waals surface area (Å²) in [5.41, 5.74) is 4.09. The number of fused-ring (bicyclic) bond motifs is 2. The number of benzene rings is 3. The lowest BCUT2D eigenvalue weighted by Crippen LogP contribution is -2.23. The van der Waals surface area contributed by atoms with Crippen molar-refractivity contribution >= 4 is 50.1 Å². The maximum Gasteiger partial charge on any atom is 0.266 e. The summed E-state index contributed by atoms with van der Waals surface area (Å²) >= 11 is 3.44. The standard InChI is InChI=1S/C24H16BrN3O2/c1-14-6-2-5-9-21(14)28-22(26-20-11-10-15(25)12-18(20)24(28)30)13-17-16-7-3-4-8-19(16)27-23(17)29/h2-13H,1H3,(H,27,29)/b17-13+. The Bertz CT molecular complexity index is 1440. The summed E-state index contributed by atoms with van der Waals surface area (Å²) in [5, 5.41) is 3.37. The van der Waals surface area contributed by atoms with Crippen LogP contribution >= 0.6 is 15.9 Å². The first kappa shape index (κ1) is 18.5. The molecule has 5 nitrogen and oxygen atoms in total. The van der Waals surface area contributed by atoms with Crippen molar-refractivity contribution in [3.8, 4) is 5.69 Å². The summed E-state index contributed by atoms with van der Waals surface area (Å²) in [7, 11) is 0. The molecule has 146 valence electrons. The van der Waals surface area contributed by atoms with Gasteiger partial charge in [0.25, 0.3) is 11.5 Å². The molecule has 30 heavy (non-hydrogen) atoms. The number of halogens is 1. The van der Waals surface area contributed by atoms with Crippen molar-refractivity contribution in [2.45, 2.75) is 6.92 Å². The quantitative estimate of drug-likeness (QED) is 0.433. The van der Waals surface area contributed by atoms with Crippen molar-refractivity contribution in [1.82, 2.24) is 9.55 Å². The van der Waals surface area contributed by atoms with Gasteiger partial charge in [0.05, 0.1) is 22.2 Å². The second-order valence-electron chi connectivity index (χ2n) is 7.12.